The number of aromatic nitrogens is 2. The standard InChI is InChI=1S/C24H22N2O6.C2H6/c1-2-3-4-5-12-13-7-19-20(32-11-31-19)8-17(13)25-21-15(12)9-26-18(21)6-14-16(23(26)28)10-30-24(29)22(14)27;1-2/h6-8,22,27H,2-5,9-11H2,1H3;1-2H3. The number of nitrogens with zero attached hydrogens (tertiary/aromatic N) is 2. The predicted molar refractivity (Wildman–Crippen MR) is 126 cm³/mol. The molecule has 0 radical (unpaired) electrons. The Kier molecular flexibility index (Phi) is 5.77. The summed E-state index contributed by atoms with van der Waals surface area (Å²) in [7, 11) is 0. The average Bonchev–Trinajstić information content (AvgIpc) is 3.46. The van der Waals surface area contributed by atoms with E-state index in [0.29, 0.717) is 40.6 Å². The minimum absolute atomic E-state index is 0.124. The summed E-state index contributed by atoms with van der Waals surface area (Å²) in [5.74, 6) is 0.626. The lowest BCUT2D eigenvalue weighted by Gasteiger charge is -2.21. The van der Waals surface area contributed by atoms with Gasteiger partial charge in [-0.25, -0.2) is 9.78 Å². The van der Waals surface area contributed by atoms with Gasteiger partial charge in [0.25, 0.3) is 5.56 Å². The first-order valence-electron chi connectivity index (χ1n) is 11.9. The molecule has 0 saturated carbocycles. The fraction of sp³-hybridized carbons (Fsp3) is 0.423. The summed E-state index contributed by atoms with van der Waals surface area (Å²) in [6.07, 6.45) is 2.65. The molecule has 0 fully saturated rings. The van der Waals surface area contributed by atoms with Gasteiger partial charge < -0.3 is 23.9 Å². The monoisotopic (exact) mass is 464 g/mol. The molecule has 0 amide bonds. The van der Waals surface area contributed by atoms with Gasteiger partial charge in [0.15, 0.2) is 17.6 Å². The van der Waals surface area contributed by atoms with Crippen LogP contribution in [0.2, 0.25) is 0 Å². The van der Waals surface area contributed by atoms with E-state index in [9.17, 15) is 14.7 Å². The number of ether oxygens (including phenoxy) is 3. The van der Waals surface area contributed by atoms with Crippen molar-refractivity contribution in [2.24, 2.45) is 0 Å². The molecule has 0 saturated heterocycles. The Hall–Kier alpha value is -3.39. The molecule has 3 aliphatic heterocycles. The van der Waals surface area contributed by atoms with Crippen LogP contribution < -0.4 is 15.0 Å². The van der Waals surface area contributed by atoms with Crippen LogP contribution in [0.25, 0.3) is 22.3 Å². The molecule has 1 atom stereocenters. The number of esters is 1. The van der Waals surface area contributed by atoms with Gasteiger partial charge in [-0.3, -0.25) is 4.79 Å². The molecule has 2 aromatic heterocycles. The third-order valence-corrected chi connectivity index (χ3v) is 6.60. The van der Waals surface area contributed by atoms with Crippen LogP contribution in [0.5, 0.6) is 11.5 Å². The van der Waals surface area contributed by atoms with Crippen LogP contribution >= 0.6 is 0 Å². The zero-order valence-electron chi connectivity index (χ0n) is 19.6. The number of unbranched alkanes of at least 4 members (excludes halogenated alkanes) is 2. The number of aliphatic hydroxyl groups excluding tert-OH is 1. The molecule has 0 bridgehead atoms. The molecule has 0 spiro atoms. The van der Waals surface area contributed by atoms with Gasteiger partial charge in [0, 0.05) is 22.6 Å². The smallest absolute Gasteiger partial charge is 0.340 e. The SMILES string of the molecule is CC.CCCCCc1c2c(nc3cc4c(cc13)OCO4)-c1cc3c(c(=O)n1C2)COC(=O)C3O. The summed E-state index contributed by atoms with van der Waals surface area (Å²) in [5.41, 5.74) is 4.66. The van der Waals surface area contributed by atoms with E-state index in [1.54, 1.807) is 10.6 Å². The molecule has 3 aromatic rings. The maximum Gasteiger partial charge on any atom is 0.340 e. The molecule has 5 heterocycles. The number of carbonyl (C=O) groups is 1. The molecule has 34 heavy (non-hydrogen) atoms. The van der Waals surface area contributed by atoms with Crippen LogP contribution in [0.15, 0.2) is 23.0 Å². The first-order valence-corrected chi connectivity index (χ1v) is 11.9. The van der Waals surface area contributed by atoms with Crippen LogP contribution in [-0.2, 0) is 29.1 Å². The maximum absolute atomic E-state index is 13.2. The van der Waals surface area contributed by atoms with E-state index in [4.69, 9.17) is 19.2 Å². The first-order chi connectivity index (χ1) is 16.6. The summed E-state index contributed by atoms with van der Waals surface area (Å²) < 4.78 is 17.8. The lowest BCUT2D eigenvalue weighted by atomic mass is 9.95. The van der Waals surface area contributed by atoms with Crippen molar-refractivity contribution >= 4 is 16.9 Å². The van der Waals surface area contributed by atoms with Crippen molar-refractivity contribution in [1.82, 2.24) is 9.55 Å². The highest BCUT2D eigenvalue weighted by atomic mass is 16.7. The van der Waals surface area contributed by atoms with Crippen molar-refractivity contribution in [3.8, 4) is 22.9 Å². The maximum atomic E-state index is 13.2. The number of pyridine rings is 2. The number of aryl methyl sites for hydroxylation is 1. The van der Waals surface area contributed by atoms with Crippen molar-refractivity contribution < 1.29 is 24.1 Å². The molecule has 8 nitrogen and oxygen atoms in total. The number of aliphatic hydroxyl groups is 1. The van der Waals surface area contributed by atoms with Gasteiger partial charge in [0.1, 0.15) is 6.61 Å². The highest BCUT2D eigenvalue weighted by molar-refractivity contribution is 5.91. The molecular weight excluding hydrogens is 436 g/mol. The molecule has 1 unspecified atom stereocenters. The Morgan fingerprint density at radius 2 is 1.82 bits per heavy atom. The van der Waals surface area contributed by atoms with Crippen molar-refractivity contribution in [2.75, 3.05) is 6.79 Å². The largest absolute Gasteiger partial charge is 0.458 e. The van der Waals surface area contributed by atoms with Gasteiger partial charge in [0.2, 0.25) is 6.79 Å². The number of hydrogen-bond acceptors (Lipinski definition) is 7. The number of hydrogen-bond donors (Lipinski definition) is 1. The second-order valence-electron chi connectivity index (χ2n) is 8.46. The number of carbonyl (C=O) groups excluding carboxylic acids is 1. The second-order valence-corrected chi connectivity index (χ2v) is 8.46. The van der Waals surface area contributed by atoms with Crippen molar-refractivity contribution in [2.45, 2.75) is 65.7 Å². The van der Waals surface area contributed by atoms with E-state index in [0.717, 1.165) is 47.7 Å². The fourth-order valence-corrected chi connectivity index (χ4v) is 4.94. The summed E-state index contributed by atoms with van der Waals surface area (Å²) in [6.45, 7) is 6.64. The first kappa shape index (κ1) is 22.4. The van der Waals surface area contributed by atoms with Crippen LogP contribution in [0, 0.1) is 0 Å². The van der Waals surface area contributed by atoms with Crippen LogP contribution in [0.1, 0.15) is 68.4 Å². The van der Waals surface area contributed by atoms with E-state index in [2.05, 4.69) is 6.92 Å². The van der Waals surface area contributed by atoms with Gasteiger partial charge in [0.05, 0.1) is 29.0 Å². The number of benzene rings is 1. The minimum atomic E-state index is -1.46. The molecule has 1 aromatic carbocycles. The number of cyclic esters (lactones) is 1. The van der Waals surface area contributed by atoms with Gasteiger partial charge in [-0.1, -0.05) is 33.6 Å². The van der Waals surface area contributed by atoms with Gasteiger partial charge in [-0.2, -0.15) is 0 Å². The van der Waals surface area contributed by atoms with Crippen molar-refractivity contribution in [3.63, 3.8) is 0 Å². The van der Waals surface area contributed by atoms with Crippen molar-refractivity contribution in [1.29, 1.82) is 0 Å². The van der Waals surface area contributed by atoms with Gasteiger partial charge in [-0.15, -0.1) is 0 Å². The topological polar surface area (TPSA) is 99.9 Å². The lowest BCUT2D eigenvalue weighted by molar-refractivity contribution is -0.157. The Bertz CT molecular complexity index is 1360. The van der Waals surface area contributed by atoms with E-state index in [-0.39, 0.29) is 19.0 Å². The third-order valence-electron chi connectivity index (χ3n) is 6.60. The van der Waals surface area contributed by atoms with Crippen LogP contribution in [-0.4, -0.2) is 27.4 Å². The summed E-state index contributed by atoms with van der Waals surface area (Å²) in [6, 6.07) is 5.58. The molecular formula is C26H28N2O6. The Balaban J connectivity index is 0.00000117. The Morgan fingerprint density at radius 1 is 1.06 bits per heavy atom. The molecule has 1 N–H and O–H groups in total. The lowest BCUT2D eigenvalue weighted by Crippen LogP contribution is -2.32. The van der Waals surface area contributed by atoms with Gasteiger partial charge >= 0.3 is 5.97 Å². The summed E-state index contributed by atoms with van der Waals surface area (Å²) in [4.78, 5) is 30.0. The zero-order valence-corrected chi connectivity index (χ0v) is 19.6. The molecule has 178 valence electrons. The normalized spacial score (nSPS) is 16.9. The molecule has 8 heteroatoms. The second kappa shape index (κ2) is 8.76. The van der Waals surface area contributed by atoms with Gasteiger partial charge in [-0.05, 0) is 30.5 Å². The molecule has 6 rings (SSSR count). The highest BCUT2D eigenvalue weighted by Gasteiger charge is 2.34. The van der Waals surface area contributed by atoms with Crippen molar-refractivity contribution in [3.05, 3.63) is 50.8 Å². The van der Waals surface area contributed by atoms with Crippen LogP contribution in [0.4, 0.5) is 0 Å². The molecule has 0 aliphatic carbocycles. The summed E-state index contributed by atoms with van der Waals surface area (Å²) in [5, 5.41) is 11.3. The third kappa shape index (κ3) is 3.36. The summed E-state index contributed by atoms with van der Waals surface area (Å²) >= 11 is 0. The van der Waals surface area contributed by atoms with E-state index >= 15 is 0 Å². The molecule has 3 aliphatic rings. The predicted octanol–water partition coefficient (Wildman–Crippen LogP) is 4.00. The minimum Gasteiger partial charge on any atom is -0.458 e. The zero-order chi connectivity index (χ0) is 24.0. The Labute approximate surface area is 197 Å². The number of fused-ring (bicyclic) bond motifs is 6. The van der Waals surface area contributed by atoms with Crippen LogP contribution in [0.3, 0.4) is 0 Å². The van der Waals surface area contributed by atoms with E-state index < -0.39 is 12.1 Å². The van der Waals surface area contributed by atoms with E-state index in [1.807, 2.05) is 26.0 Å². The highest BCUT2D eigenvalue weighted by Crippen LogP contribution is 2.42. The van der Waals surface area contributed by atoms with E-state index in [1.165, 1.54) is 0 Å². The Morgan fingerprint density at radius 3 is 2.59 bits per heavy atom. The average molecular weight is 465 g/mol. The fourth-order valence-electron chi connectivity index (χ4n) is 4.94. The number of rotatable bonds is 4. The quantitative estimate of drug-likeness (QED) is 0.360.